The molecule has 1 N–H and O–H groups in total. The summed E-state index contributed by atoms with van der Waals surface area (Å²) in [6.07, 6.45) is 3.86. The molecule has 5 rings (SSSR count). The van der Waals surface area contributed by atoms with Gasteiger partial charge in [-0.25, -0.2) is 14.7 Å². The third-order valence-electron chi connectivity index (χ3n) is 6.71. The summed E-state index contributed by atoms with van der Waals surface area (Å²) in [6, 6.07) is 8.41. The number of hydrogen-bond acceptors (Lipinski definition) is 5. The van der Waals surface area contributed by atoms with Gasteiger partial charge in [-0.2, -0.15) is 0 Å². The first-order valence-electron chi connectivity index (χ1n) is 11.5. The van der Waals surface area contributed by atoms with Crippen molar-refractivity contribution in [1.29, 1.82) is 0 Å². The minimum absolute atomic E-state index is 0.215. The largest absolute Gasteiger partial charge is 0.573 e. The van der Waals surface area contributed by atoms with Gasteiger partial charge in [0.15, 0.2) is 0 Å². The Kier molecular flexibility index (Phi) is 5.61. The lowest BCUT2D eigenvalue weighted by molar-refractivity contribution is -0.274. The van der Waals surface area contributed by atoms with Gasteiger partial charge in [-0.1, -0.05) is 19.3 Å². The summed E-state index contributed by atoms with van der Waals surface area (Å²) in [5.74, 6) is -0.0101. The summed E-state index contributed by atoms with van der Waals surface area (Å²) in [4.78, 5) is 33.5. The molecule has 2 heterocycles. The number of nitrogens with zero attached hydrogens (tertiary/aromatic N) is 3. The molecule has 1 spiro atoms. The lowest BCUT2D eigenvalue weighted by atomic mass is 9.95. The van der Waals surface area contributed by atoms with Crippen LogP contribution in [0.1, 0.15) is 50.5 Å². The number of benzene rings is 1. The highest BCUT2D eigenvalue weighted by molar-refractivity contribution is 6.24. The Labute approximate surface area is 194 Å². The Morgan fingerprint density at radius 1 is 1.06 bits per heavy atom. The quantitative estimate of drug-likeness (QED) is 0.581. The zero-order valence-electron chi connectivity index (χ0n) is 18.5. The van der Waals surface area contributed by atoms with Crippen LogP contribution in [0.3, 0.4) is 0 Å². The maximum absolute atomic E-state index is 13.3. The lowest BCUT2D eigenvalue weighted by Crippen LogP contribution is -2.36. The summed E-state index contributed by atoms with van der Waals surface area (Å²) in [5, 5.41) is 3.47. The first kappa shape index (κ1) is 22.5. The van der Waals surface area contributed by atoms with Crippen molar-refractivity contribution in [2.45, 2.75) is 69.4 Å². The second-order valence-corrected chi connectivity index (χ2v) is 9.11. The normalized spacial score (nSPS) is 20.2. The van der Waals surface area contributed by atoms with E-state index >= 15 is 0 Å². The third kappa shape index (κ3) is 4.41. The van der Waals surface area contributed by atoms with Crippen LogP contribution in [0.4, 0.5) is 29.5 Å². The van der Waals surface area contributed by atoms with E-state index in [4.69, 9.17) is 0 Å². The van der Waals surface area contributed by atoms with E-state index in [2.05, 4.69) is 15.0 Å². The van der Waals surface area contributed by atoms with Crippen molar-refractivity contribution in [3.63, 3.8) is 0 Å². The number of aromatic nitrogens is 1. The molecule has 180 valence electrons. The van der Waals surface area contributed by atoms with Gasteiger partial charge in [0.2, 0.25) is 0 Å². The molecule has 7 nitrogen and oxygen atoms in total. The van der Waals surface area contributed by atoms with E-state index < -0.39 is 23.7 Å². The van der Waals surface area contributed by atoms with Crippen molar-refractivity contribution in [3.05, 3.63) is 48.2 Å². The number of nitrogens with one attached hydrogen (secondary N) is 1. The number of halogens is 3. The van der Waals surface area contributed by atoms with Gasteiger partial charge in [-0.3, -0.25) is 4.79 Å². The molecule has 34 heavy (non-hydrogen) atoms. The van der Waals surface area contributed by atoms with Crippen molar-refractivity contribution in [2.75, 3.05) is 10.2 Å². The van der Waals surface area contributed by atoms with E-state index in [9.17, 15) is 22.8 Å². The summed E-state index contributed by atoms with van der Waals surface area (Å²) < 4.78 is 41.2. The Balaban J connectivity index is 1.32. The van der Waals surface area contributed by atoms with E-state index in [1.165, 1.54) is 31.4 Å². The fourth-order valence-corrected chi connectivity index (χ4v) is 4.85. The number of pyridine rings is 1. The molecule has 0 atom stereocenters. The van der Waals surface area contributed by atoms with Crippen LogP contribution < -0.4 is 15.0 Å². The Bertz CT molecular complexity index is 1080. The van der Waals surface area contributed by atoms with Crippen molar-refractivity contribution >= 4 is 23.4 Å². The summed E-state index contributed by atoms with van der Waals surface area (Å²) in [7, 11) is 0. The molecule has 1 aromatic carbocycles. The number of alkyl halides is 3. The first-order chi connectivity index (χ1) is 16.2. The number of carbonyl (C=O) groups is 2. The number of carbonyl (C=O) groups excluding carboxylic acids is 2. The number of urea groups is 1. The predicted octanol–water partition coefficient (Wildman–Crippen LogP) is 5.23. The Morgan fingerprint density at radius 2 is 1.76 bits per heavy atom. The second-order valence-electron chi connectivity index (χ2n) is 9.11. The van der Waals surface area contributed by atoms with Crippen LogP contribution in [0.2, 0.25) is 0 Å². The fourth-order valence-electron chi connectivity index (χ4n) is 4.85. The van der Waals surface area contributed by atoms with Crippen molar-refractivity contribution in [3.8, 4) is 5.75 Å². The SMILES string of the molecule is O=C1N(c2ccc(OC(F)(F)F)cc2)C(=O)C2(CC2)N1Cc1ccnc(NC2CCCCC2)c1. The molecule has 3 aliphatic rings. The zero-order chi connectivity index (χ0) is 23.9. The number of rotatable bonds is 6. The lowest BCUT2D eigenvalue weighted by Gasteiger charge is -2.24. The summed E-state index contributed by atoms with van der Waals surface area (Å²) in [6.45, 7) is 0.248. The average Bonchev–Trinajstić information content (AvgIpc) is 3.57. The standard InChI is InChI=1S/C24H25F3N4O3/c25-24(26,27)34-19-8-6-18(7-9-19)31-21(32)23(11-12-23)30(22(31)33)15-16-10-13-28-20(14-16)29-17-4-2-1-3-5-17/h6-10,13-14,17H,1-5,11-12,15H2,(H,28,29). The number of ether oxygens (including phenoxy) is 1. The summed E-state index contributed by atoms with van der Waals surface area (Å²) >= 11 is 0. The molecule has 10 heteroatoms. The van der Waals surface area contributed by atoms with E-state index in [0.29, 0.717) is 18.9 Å². The number of anilines is 2. The smallest absolute Gasteiger partial charge is 0.406 e. The molecule has 2 saturated carbocycles. The maximum atomic E-state index is 13.3. The molecule has 0 radical (unpaired) electrons. The van der Waals surface area contributed by atoms with Crippen molar-refractivity contribution < 1.29 is 27.5 Å². The minimum Gasteiger partial charge on any atom is -0.406 e. The number of imide groups is 1. The highest BCUT2D eigenvalue weighted by Crippen LogP contribution is 2.49. The number of amides is 3. The molecule has 3 fully saturated rings. The molecule has 2 aliphatic carbocycles. The van der Waals surface area contributed by atoms with E-state index in [1.54, 1.807) is 11.1 Å². The van der Waals surface area contributed by atoms with Gasteiger partial charge in [0.05, 0.1) is 5.69 Å². The first-order valence-corrected chi connectivity index (χ1v) is 11.5. The molecule has 1 saturated heterocycles. The minimum atomic E-state index is -4.81. The Morgan fingerprint density at radius 3 is 2.41 bits per heavy atom. The molecular weight excluding hydrogens is 449 g/mol. The molecule has 0 unspecified atom stereocenters. The van der Waals surface area contributed by atoms with Gasteiger partial charge in [0.1, 0.15) is 17.1 Å². The predicted molar refractivity (Wildman–Crippen MR) is 118 cm³/mol. The second kappa shape index (κ2) is 8.48. The van der Waals surface area contributed by atoms with Crippen molar-refractivity contribution in [1.82, 2.24) is 9.88 Å². The zero-order valence-corrected chi connectivity index (χ0v) is 18.5. The van der Waals surface area contributed by atoms with Crippen LogP contribution in [-0.4, -0.2) is 39.8 Å². The van der Waals surface area contributed by atoms with Crippen LogP contribution in [0.25, 0.3) is 0 Å². The van der Waals surface area contributed by atoms with Crippen LogP contribution in [-0.2, 0) is 11.3 Å². The van der Waals surface area contributed by atoms with E-state index in [0.717, 1.165) is 41.3 Å². The van der Waals surface area contributed by atoms with Gasteiger partial charge in [0, 0.05) is 18.8 Å². The monoisotopic (exact) mass is 474 g/mol. The fraction of sp³-hybridized carbons (Fsp3) is 0.458. The van der Waals surface area contributed by atoms with E-state index in [-0.39, 0.29) is 18.1 Å². The molecule has 2 aromatic rings. The third-order valence-corrected chi connectivity index (χ3v) is 6.71. The maximum Gasteiger partial charge on any atom is 0.573 e. The van der Waals surface area contributed by atoms with Crippen LogP contribution in [0, 0.1) is 0 Å². The highest BCUT2D eigenvalue weighted by atomic mass is 19.4. The molecule has 1 aliphatic heterocycles. The molecule has 3 amide bonds. The highest BCUT2D eigenvalue weighted by Gasteiger charge is 2.65. The van der Waals surface area contributed by atoms with Crippen LogP contribution in [0.15, 0.2) is 42.6 Å². The van der Waals surface area contributed by atoms with Crippen molar-refractivity contribution in [2.24, 2.45) is 0 Å². The van der Waals surface area contributed by atoms with Gasteiger partial charge in [-0.15, -0.1) is 13.2 Å². The van der Waals surface area contributed by atoms with Crippen LogP contribution in [0.5, 0.6) is 5.75 Å². The molecular formula is C24H25F3N4O3. The average molecular weight is 474 g/mol. The van der Waals surface area contributed by atoms with Crippen LogP contribution >= 0.6 is 0 Å². The van der Waals surface area contributed by atoms with Gasteiger partial charge in [0.25, 0.3) is 5.91 Å². The van der Waals surface area contributed by atoms with E-state index in [1.807, 2.05) is 12.1 Å². The van der Waals surface area contributed by atoms with Gasteiger partial charge in [-0.05, 0) is 67.6 Å². The van der Waals surface area contributed by atoms with Gasteiger partial charge < -0.3 is 15.0 Å². The summed E-state index contributed by atoms with van der Waals surface area (Å²) in [5.41, 5.74) is 0.183. The topological polar surface area (TPSA) is 74.8 Å². The molecule has 1 aromatic heterocycles. The number of hydrogen-bond donors (Lipinski definition) is 1. The molecule has 0 bridgehead atoms. The Hall–Kier alpha value is -3.30. The van der Waals surface area contributed by atoms with Gasteiger partial charge >= 0.3 is 12.4 Å².